The minimum Gasteiger partial charge on any atom is -0.398 e. The van der Waals surface area contributed by atoms with E-state index in [4.69, 9.17) is 28.8 Å². The van der Waals surface area contributed by atoms with Gasteiger partial charge in [0.05, 0.1) is 43.2 Å². The van der Waals surface area contributed by atoms with Crippen LogP contribution in [0.3, 0.4) is 0 Å². The largest absolute Gasteiger partial charge is 0.514 e. The van der Waals surface area contributed by atoms with Gasteiger partial charge in [0.15, 0.2) is 0 Å². The summed E-state index contributed by atoms with van der Waals surface area (Å²) in [5, 5.41) is 0. The zero-order valence-electron chi connectivity index (χ0n) is 16.7. The molecular formula is C18H29BN4O4. The second kappa shape index (κ2) is 7.20. The smallest absolute Gasteiger partial charge is 0.398 e. The maximum atomic E-state index is 6.24. The predicted molar refractivity (Wildman–Crippen MR) is 104 cm³/mol. The quantitative estimate of drug-likeness (QED) is 0.705. The third kappa shape index (κ3) is 3.78. The molecule has 0 N–H and O–H groups in total. The maximum Gasteiger partial charge on any atom is 0.514 e. The fourth-order valence-electron chi connectivity index (χ4n) is 3.38. The fraction of sp³-hybridized carbons (Fsp3) is 0.778. The van der Waals surface area contributed by atoms with Gasteiger partial charge in [-0.05, 0) is 33.8 Å². The summed E-state index contributed by atoms with van der Waals surface area (Å²) < 4.78 is 23.4. The molecule has 3 fully saturated rings. The lowest BCUT2D eigenvalue weighted by atomic mass is 9.84. The first kappa shape index (κ1) is 18.9. The molecular weight excluding hydrogens is 347 g/mol. The molecule has 3 aliphatic rings. The number of nitrogens with zero attached hydrogens (tertiary/aromatic N) is 4. The zero-order valence-corrected chi connectivity index (χ0v) is 16.7. The van der Waals surface area contributed by atoms with E-state index in [1.807, 2.05) is 6.07 Å². The van der Waals surface area contributed by atoms with E-state index in [1.54, 1.807) is 0 Å². The summed E-state index contributed by atoms with van der Waals surface area (Å²) in [4.78, 5) is 14.1. The van der Waals surface area contributed by atoms with Crippen molar-refractivity contribution in [1.82, 2.24) is 9.97 Å². The molecule has 0 bridgehead atoms. The molecule has 0 amide bonds. The minimum absolute atomic E-state index is 0.402. The van der Waals surface area contributed by atoms with Gasteiger partial charge in [0, 0.05) is 26.2 Å². The molecule has 0 aliphatic carbocycles. The standard InChI is InChI=1S/C18H29BN4O4/c1-17(2)18(3,4)27-19(26-17)14-13-15(22-5-9-24-10-6-22)21-16(20-14)23-7-11-25-12-8-23/h13H,5-12H2,1-4H3. The molecule has 0 aromatic carbocycles. The molecule has 9 heteroatoms. The van der Waals surface area contributed by atoms with Gasteiger partial charge in [0.25, 0.3) is 0 Å². The fourth-order valence-corrected chi connectivity index (χ4v) is 3.38. The monoisotopic (exact) mass is 376 g/mol. The number of anilines is 2. The first-order valence-corrected chi connectivity index (χ1v) is 9.76. The Hall–Kier alpha value is -1.42. The summed E-state index contributed by atoms with van der Waals surface area (Å²) >= 11 is 0. The van der Waals surface area contributed by atoms with Gasteiger partial charge in [-0.2, -0.15) is 4.98 Å². The highest BCUT2D eigenvalue weighted by Crippen LogP contribution is 2.36. The van der Waals surface area contributed by atoms with E-state index in [2.05, 4.69) is 37.5 Å². The summed E-state index contributed by atoms with van der Waals surface area (Å²) in [6.45, 7) is 14.2. The molecule has 0 atom stereocenters. The lowest BCUT2D eigenvalue weighted by molar-refractivity contribution is 0.00578. The summed E-state index contributed by atoms with van der Waals surface area (Å²) in [6.07, 6.45) is 0. The normalized spacial score (nSPS) is 25.1. The highest BCUT2D eigenvalue weighted by Gasteiger charge is 2.52. The van der Waals surface area contributed by atoms with Crippen molar-refractivity contribution in [2.24, 2.45) is 0 Å². The van der Waals surface area contributed by atoms with Crippen LogP contribution in [0.5, 0.6) is 0 Å². The summed E-state index contributed by atoms with van der Waals surface area (Å²) in [5.41, 5.74) is -0.0338. The van der Waals surface area contributed by atoms with E-state index in [0.717, 1.165) is 37.6 Å². The molecule has 0 spiro atoms. The number of hydrogen-bond acceptors (Lipinski definition) is 8. The summed E-state index contributed by atoms with van der Waals surface area (Å²) in [6, 6.07) is 2.00. The van der Waals surface area contributed by atoms with Crippen LogP contribution in [-0.2, 0) is 18.8 Å². The second-order valence-corrected chi connectivity index (χ2v) is 8.24. The maximum absolute atomic E-state index is 6.24. The van der Waals surface area contributed by atoms with Crippen LogP contribution in [0.2, 0.25) is 0 Å². The molecule has 4 heterocycles. The number of morpholine rings is 2. The van der Waals surface area contributed by atoms with Gasteiger partial charge in [-0.25, -0.2) is 4.98 Å². The number of hydrogen-bond donors (Lipinski definition) is 0. The lowest BCUT2D eigenvalue weighted by Gasteiger charge is -2.32. The van der Waals surface area contributed by atoms with Crippen LogP contribution in [-0.4, -0.2) is 80.9 Å². The number of rotatable bonds is 3. The first-order chi connectivity index (χ1) is 12.9. The van der Waals surface area contributed by atoms with E-state index >= 15 is 0 Å². The molecule has 27 heavy (non-hydrogen) atoms. The Balaban J connectivity index is 1.67. The van der Waals surface area contributed by atoms with Crippen LogP contribution in [0.4, 0.5) is 11.8 Å². The van der Waals surface area contributed by atoms with Crippen LogP contribution in [0.1, 0.15) is 27.7 Å². The lowest BCUT2D eigenvalue weighted by Crippen LogP contribution is -2.43. The molecule has 0 saturated carbocycles. The van der Waals surface area contributed by atoms with Crippen molar-refractivity contribution in [2.75, 3.05) is 62.4 Å². The highest BCUT2D eigenvalue weighted by atomic mass is 16.7. The number of ether oxygens (including phenoxy) is 2. The molecule has 3 saturated heterocycles. The summed E-state index contributed by atoms with van der Waals surface area (Å²) in [5.74, 6) is 1.62. The molecule has 1 aromatic rings. The van der Waals surface area contributed by atoms with E-state index in [9.17, 15) is 0 Å². The van der Waals surface area contributed by atoms with Gasteiger partial charge in [-0.15, -0.1) is 0 Å². The average Bonchev–Trinajstić information content (AvgIpc) is 2.90. The van der Waals surface area contributed by atoms with Gasteiger partial charge < -0.3 is 28.6 Å². The molecule has 8 nitrogen and oxygen atoms in total. The topological polar surface area (TPSA) is 69.2 Å². The van der Waals surface area contributed by atoms with Crippen LogP contribution in [0, 0.1) is 0 Å². The Labute approximate surface area is 161 Å². The van der Waals surface area contributed by atoms with Crippen molar-refractivity contribution < 1.29 is 18.8 Å². The predicted octanol–water partition coefficient (Wildman–Crippen LogP) is 0.449. The van der Waals surface area contributed by atoms with Gasteiger partial charge in [0.2, 0.25) is 5.95 Å². The van der Waals surface area contributed by atoms with E-state index in [-0.39, 0.29) is 0 Å². The van der Waals surface area contributed by atoms with Crippen molar-refractivity contribution in [2.45, 2.75) is 38.9 Å². The molecule has 1 aromatic heterocycles. The second-order valence-electron chi connectivity index (χ2n) is 8.24. The SMILES string of the molecule is CC1(C)OB(c2cc(N3CCOCC3)nc(N3CCOCC3)n2)OC1(C)C. The summed E-state index contributed by atoms with van der Waals surface area (Å²) in [7, 11) is -0.502. The van der Waals surface area contributed by atoms with Crippen molar-refractivity contribution in [3.63, 3.8) is 0 Å². The Morgan fingerprint density at radius 3 is 1.89 bits per heavy atom. The molecule has 148 valence electrons. The Kier molecular flexibility index (Phi) is 5.05. The van der Waals surface area contributed by atoms with E-state index < -0.39 is 18.3 Å². The Bertz CT molecular complexity index is 623. The van der Waals surface area contributed by atoms with Crippen molar-refractivity contribution in [1.29, 1.82) is 0 Å². The van der Waals surface area contributed by atoms with Crippen LogP contribution >= 0.6 is 0 Å². The highest BCUT2D eigenvalue weighted by molar-refractivity contribution is 6.61. The Morgan fingerprint density at radius 2 is 1.33 bits per heavy atom. The zero-order chi connectivity index (χ0) is 19.1. The van der Waals surface area contributed by atoms with Crippen LogP contribution in [0.15, 0.2) is 6.07 Å². The third-order valence-corrected chi connectivity index (χ3v) is 5.84. The van der Waals surface area contributed by atoms with Crippen LogP contribution < -0.4 is 15.4 Å². The van der Waals surface area contributed by atoms with E-state index in [0.29, 0.717) is 32.4 Å². The van der Waals surface area contributed by atoms with Crippen molar-refractivity contribution in [3.05, 3.63) is 6.07 Å². The van der Waals surface area contributed by atoms with E-state index in [1.165, 1.54) is 0 Å². The molecule has 0 unspecified atom stereocenters. The Morgan fingerprint density at radius 1 is 0.815 bits per heavy atom. The molecule has 0 radical (unpaired) electrons. The minimum atomic E-state index is -0.502. The van der Waals surface area contributed by atoms with Crippen molar-refractivity contribution >= 4 is 24.5 Å². The number of aromatic nitrogens is 2. The third-order valence-electron chi connectivity index (χ3n) is 5.84. The average molecular weight is 376 g/mol. The van der Waals surface area contributed by atoms with Gasteiger partial charge in [-0.3, -0.25) is 0 Å². The first-order valence-electron chi connectivity index (χ1n) is 9.76. The van der Waals surface area contributed by atoms with Gasteiger partial charge in [0.1, 0.15) is 5.82 Å². The van der Waals surface area contributed by atoms with Crippen molar-refractivity contribution in [3.8, 4) is 0 Å². The molecule has 3 aliphatic heterocycles. The molecule has 4 rings (SSSR count). The van der Waals surface area contributed by atoms with Crippen LogP contribution in [0.25, 0.3) is 0 Å². The van der Waals surface area contributed by atoms with Gasteiger partial charge in [-0.1, -0.05) is 0 Å². The van der Waals surface area contributed by atoms with Gasteiger partial charge >= 0.3 is 7.12 Å².